The zero-order valence-corrected chi connectivity index (χ0v) is 10.6. The molecule has 0 amide bonds. The molecule has 0 aliphatic carbocycles. The van der Waals surface area contributed by atoms with Crippen LogP contribution < -0.4 is 0 Å². The number of likely N-dealkylation sites (tertiary alicyclic amines) is 1. The van der Waals surface area contributed by atoms with Gasteiger partial charge in [0.05, 0.1) is 5.75 Å². The van der Waals surface area contributed by atoms with Gasteiger partial charge in [-0.2, -0.15) is 0 Å². The third kappa shape index (κ3) is 3.19. The number of nitrogens with zero attached hydrogens (tertiary/aromatic N) is 4. The van der Waals surface area contributed by atoms with Gasteiger partial charge in [-0.1, -0.05) is 11.8 Å². The molecule has 0 radical (unpaired) electrons. The standard InChI is InChI=1S/C10H16N4O2S/c1-13-4-2-3-8(13)5-14-7-11-12-10(14)17-6-9(15)16/h7-8H,2-6H2,1H3,(H,15,16). The van der Waals surface area contributed by atoms with Gasteiger partial charge in [-0.05, 0) is 26.4 Å². The van der Waals surface area contributed by atoms with Crippen LogP contribution in [0.3, 0.4) is 0 Å². The zero-order valence-electron chi connectivity index (χ0n) is 9.74. The highest BCUT2D eigenvalue weighted by atomic mass is 32.2. The lowest BCUT2D eigenvalue weighted by Crippen LogP contribution is -2.29. The summed E-state index contributed by atoms with van der Waals surface area (Å²) in [6, 6.07) is 0.509. The van der Waals surface area contributed by atoms with Crippen molar-refractivity contribution in [2.24, 2.45) is 0 Å². The summed E-state index contributed by atoms with van der Waals surface area (Å²) in [4.78, 5) is 12.8. The molecular formula is C10H16N4O2S. The van der Waals surface area contributed by atoms with Crippen molar-refractivity contribution in [2.45, 2.75) is 30.6 Å². The van der Waals surface area contributed by atoms with Gasteiger partial charge in [0.2, 0.25) is 0 Å². The number of aliphatic carboxylic acids is 1. The summed E-state index contributed by atoms with van der Waals surface area (Å²) in [7, 11) is 2.12. The first-order valence-corrected chi connectivity index (χ1v) is 6.58. The lowest BCUT2D eigenvalue weighted by Gasteiger charge is -2.20. The van der Waals surface area contributed by atoms with Crippen LogP contribution in [0.15, 0.2) is 11.5 Å². The zero-order chi connectivity index (χ0) is 12.3. The van der Waals surface area contributed by atoms with E-state index in [2.05, 4.69) is 22.1 Å². The van der Waals surface area contributed by atoms with Gasteiger partial charge in [0, 0.05) is 12.6 Å². The van der Waals surface area contributed by atoms with Crippen molar-refractivity contribution in [3.05, 3.63) is 6.33 Å². The maximum atomic E-state index is 10.5. The molecule has 6 nitrogen and oxygen atoms in total. The smallest absolute Gasteiger partial charge is 0.313 e. The summed E-state index contributed by atoms with van der Waals surface area (Å²) in [5.41, 5.74) is 0. The quantitative estimate of drug-likeness (QED) is 0.776. The van der Waals surface area contributed by atoms with Crippen LogP contribution in [0.1, 0.15) is 12.8 Å². The predicted octanol–water partition coefficient (Wildman–Crippen LogP) is 0.549. The van der Waals surface area contributed by atoms with Crippen LogP contribution in [0.25, 0.3) is 0 Å². The Morgan fingerprint density at radius 1 is 1.71 bits per heavy atom. The molecule has 1 aromatic rings. The Labute approximate surface area is 104 Å². The van der Waals surface area contributed by atoms with Gasteiger partial charge >= 0.3 is 5.97 Å². The first kappa shape index (κ1) is 12.4. The Balaban J connectivity index is 1.96. The van der Waals surface area contributed by atoms with Crippen molar-refractivity contribution in [3.8, 4) is 0 Å². The van der Waals surface area contributed by atoms with Crippen molar-refractivity contribution >= 4 is 17.7 Å². The lowest BCUT2D eigenvalue weighted by atomic mass is 10.2. The number of thioether (sulfide) groups is 1. The Morgan fingerprint density at radius 2 is 2.53 bits per heavy atom. The highest BCUT2D eigenvalue weighted by Crippen LogP contribution is 2.20. The third-order valence-corrected chi connectivity index (χ3v) is 3.95. The minimum Gasteiger partial charge on any atom is -0.481 e. The molecule has 17 heavy (non-hydrogen) atoms. The maximum absolute atomic E-state index is 10.5. The number of aromatic nitrogens is 3. The van der Waals surface area contributed by atoms with Gasteiger partial charge in [0.1, 0.15) is 6.33 Å². The van der Waals surface area contributed by atoms with Gasteiger partial charge in [0.25, 0.3) is 0 Å². The first-order valence-electron chi connectivity index (χ1n) is 5.59. The normalized spacial score (nSPS) is 20.9. The number of hydrogen-bond donors (Lipinski definition) is 1. The molecule has 1 atom stereocenters. The second-order valence-electron chi connectivity index (χ2n) is 4.22. The topological polar surface area (TPSA) is 71.2 Å². The highest BCUT2D eigenvalue weighted by Gasteiger charge is 2.22. The number of carboxylic acids is 1. The number of carboxylic acid groups (broad SMARTS) is 1. The SMILES string of the molecule is CN1CCCC1Cn1cnnc1SCC(=O)O. The fourth-order valence-corrected chi connectivity index (χ4v) is 2.69. The molecule has 0 spiro atoms. The molecule has 1 fully saturated rings. The molecule has 0 aromatic carbocycles. The van der Waals surface area contributed by atoms with E-state index in [9.17, 15) is 4.79 Å². The summed E-state index contributed by atoms with van der Waals surface area (Å²) in [6.45, 7) is 1.97. The van der Waals surface area contributed by atoms with Gasteiger partial charge < -0.3 is 14.6 Å². The average Bonchev–Trinajstić information content (AvgIpc) is 2.87. The van der Waals surface area contributed by atoms with Crippen LogP contribution in [0.4, 0.5) is 0 Å². The maximum Gasteiger partial charge on any atom is 0.313 e. The summed E-state index contributed by atoms with van der Waals surface area (Å²) in [6.07, 6.45) is 4.08. The van der Waals surface area contributed by atoms with Gasteiger partial charge in [-0.3, -0.25) is 4.79 Å². The van der Waals surface area contributed by atoms with E-state index in [4.69, 9.17) is 5.11 Å². The van der Waals surface area contributed by atoms with Crippen molar-refractivity contribution in [1.82, 2.24) is 19.7 Å². The summed E-state index contributed by atoms with van der Waals surface area (Å²) in [5.74, 6) is -0.804. The minimum atomic E-state index is -0.831. The van der Waals surface area contributed by atoms with E-state index in [-0.39, 0.29) is 5.75 Å². The Morgan fingerprint density at radius 3 is 3.18 bits per heavy atom. The van der Waals surface area contributed by atoms with Gasteiger partial charge in [0.15, 0.2) is 5.16 Å². The van der Waals surface area contributed by atoms with Crippen molar-refractivity contribution in [2.75, 3.05) is 19.3 Å². The molecular weight excluding hydrogens is 240 g/mol. The minimum absolute atomic E-state index is 0.0270. The van der Waals surface area contributed by atoms with E-state index in [0.29, 0.717) is 11.2 Å². The lowest BCUT2D eigenvalue weighted by molar-refractivity contribution is -0.133. The Bertz CT molecular complexity index is 395. The van der Waals surface area contributed by atoms with E-state index < -0.39 is 5.97 Å². The average molecular weight is 256 g/mol. The molecule has 1 aliphatic rings. The molecule has 7 heteroatoms. The fourth-order valence-electron chi connectivity index (χ4n) is 2.04. The molecule has 2 heterocycles. The van der Waals surface area contributed by atoms with Crippen LogP contribution in [0.2, 0.25) is 0 Å². The molecule has 2 rings (SSSR count). The molecule has 1 unspecified atom stereocenters. The van der Waals surface area contributed by atoms with E-state index in [1.807, 2.05) is 4.57 Å². The molecule has 0 bridgehead atoms. The van der Waals surface area contributed by atoms with Crippen molar-refractivity contribution < 1.29 is 9.90 Å². The molecule has 1 aromatic heterocycles. The van der Waals surface area contributed by atoms with E-state index in [0.717, 1.165) is 13.1 Å². The molecule has 1 N–H and O–H groups in total. The van der Waals surface area contributed by atoms with Gasteiger partial charge in [-0.25, -0.2) is 0 Å². The number of likely N-dealkylation sites (N-methyl/N-ethyl adjacent to an activating group) is 1. The number of carbonyl (C=O) groups is 1. The fraction of sp³-hybridized carbons (Fsp3) is 0.700. The Hall–Kier alpha value is -1.08. The Kier molecular flexibility index (Phi) is 4.01. The summed E-state index contributed by atoms with van der Waals surface area (Å²) >= 11 is 1.22. The largest absolute Gasteiger partial charge is 0.481 e. The molecule has 1 aliphatic heterocycles. The summed E-state index contributed by atoms with van der Waals surface area (Å²) < 4.78 is 1.94. The monoisotopic (exact) mass is 256 g/mol. The van der Waals surface area contributed by atoms with E-state index >= 15 is 0 Å². The van der Waals surface area contributed by atoms with Crippen molar-refractivity contribution in [3.63, 3.8) is 0 Å². The predicted molar refractivity (Wildman–Crippen MR) is 64.0 cm³/mol. The molecule has 0 saturated carbocycles. The molecule has 94 valence electrons. The molecule has 1 saturated heterocycles. The number of rotatable bonds is 5. The second kappa shape index (κ2) is 5.50. The summed E-state index contributed by atoms with van der Waals surface area (Å²) in [5, 5.41) is 17.1. The second-order valence-corrected chi connectivity index (χ2v) is 5.17. The van der Waals surface area contributed by atoms with Crippen LogP contribution in [0, 0.1) is 0 Å². The van der Waals surface area contributed by atoms with Crippen LogP contribution >= 0.6 is 11.8 Å². The first-order chi connectivity index (χ1) is 8.16. The van der Waals surface area contributed by atoms with Gasteiger partial charge in [-0.15, -0.1) is 10.2 Å². The van der Waals surface area contributed by atoms with Crippen LogP contribution in [-0.4, -0.2) is 56.1 Å². The van der Waals surface area contributed by atoms with Crippen molar-refractivity contribution in [1.29, 1.82) is 0 Å². The van der Waals surface area contributed by atoms with Crippen LogP contribution in [-0.2, 0) is 11.3 Å². The highest BCUT2D eigenvalue weighted by molar-refractivity contribution is 7.99. The van der Waals surface area contributed by atoms with E-state index in [1.165, 1.54) is 24.6 Å². The van der Waals surface area contributed by atoms with E-state index in [1.54, 1.807) is 6.33 Å². The number of hydrogen-bond acceptors (Lipinski definition) is 5. The van der Waals surface area contributed by atoms with Crippen LogP contribution in [0.5, 0.6) is 0 Å². The third-order valence-electron chi connectivity index (χ3n) is 2.98.